The summed E-state index contributed by atoms with van der Waals surface area (Å²) in [5.41, 5.74) is 7.63. The van der Waals surface area contributed by atoms with E-state index in [2.05, 4.69) is 10.6 Å². The number of benzene rings is 2. The van der Waals surface area contributed by atoms with Gasteiger partial charge in [-0.25, -0.2) is 4.79 Å². The highest BCUT2D eigenvalue weighted by molar-refractivity contribution is 5.68. The minimum Gasteiger partial charge on any atom is -0.444 e. The molecular weight excluding hydrogens is 376 g/mol. The monoisotopic (exact) mass is 410 g/mol. The van der Waals surface area contributed by atoms with Gasteiger partial charge in [-0.3, -0.25) is 5.32 Å². The topological polar surface area (TPSA) is 79.6 Å². The summed E-state index contributed by atoms with van der Waals surface area (Å²) in [6.07, 6.45) is 3.88. The summed E-state index contributed by atoms with van der Waals surface area (Å²) < 4.78 is 5.57. The maximum absolute atomic E-state index is 12.6. The van der Waals surface area contributed by atoms with Crippen molar-refractivity contribution in [2.45, 2.75) is 45.5 Å². The third-order valence-corrected chi connectivity index (χ3v) is 4.18. The maximum Gasteiger partial charge on any atom is 0.410 e. The smallest absolute Gasteiger partial charge is 0.410 e. The molecule has 0 radical (unpaired) electrons. The van der Waals surface area contributed by atoms with Crippen molar-refractivity contribution in [1.82, 2.24) is 10.2 Å². The molecule has 0 spiro atoms. The Kier molecular flexibility index (Phi) is 9.38. The fourth-order valence-electron chi connectivity index (χ4n) is 2.75. The van der Waals surface area contributed by atoms with Gasteiger partial charge in [0, 0.05) is 18.8 Å². The normalized spacial score (nSPS) is 12.5. The van der Waals surface area contributed by atoms with Gasteiger partial charge in [-0.2, -0.15) is 0 Å². The Hall–Kier alpha value is -2.83. The maximum atomic E-state index is 12.6. The third kappa shape index (κ3) is 9.58. The minimum atomic E-state index is -0.525. The third-order valence-electron chi connectivity index (χ3n) is 4.18. The molecule has 0 aromatic heterocycles. The molecule has 0 saturated carbocycles. The molecule has 2 aromatic rings. The van der Waals surface area contributed by atoms with Crippen LogP contribution in [0.4, 0.5) is 10.5 Å². The van der Waals surface area contributed by atoms with Gasteiger partial charge < -0.3 is 20.7 Å². The Morgan fingerprint density at radius 1 is 1.10 bits per heavy atom. The number of ether oxygens (including phenoxy) is 1. The standard InChI is InChI=1S/C24H34N4O2/c1-24(2,3)30-23(29)28(19-20-11-6-4-7-12-20)18-10-16-27-22(25)15-17-26-21-13-8-5-9-14-21/h4-9,11-15,17,22,26-27H,10,16,18-19,25H2,1-3H3/b17-15-. The van der Waals surface area contributed by atoms with Gasteiger partial charge in [-0.05, 0) is 63.7 Å². The molecule has 0 aliphatic rings. The number of anilines is 1. The molecule has 162 valence electrons. The first-order chi connectivity index (χ1) is 14.3. The van der Waals surface area contributed by atoms with Crippen LogP contribution < -0.4 is 16.4 Å². The van der Waals surface area contributed by atoms with Crippen LogP contribution in [0.5, 0.6) is 0 Å². The van der Waals surface area contributed by atoms with Crippen molar-refractivity contribution in [2.24, 2.45) is 5.73 Å². The van der Waals surface area contributed by atoms with Gasteiger partial charge in [-0.1, -0.05) is 48.5 Å². The predicted octanol–water partition coefficient (Wildman–Crippen LogP) is 4.31. The lowest BCUT2D eigenvalue weighted by Crippen LogP contribution is -2.40. The molecule has 0 fully saturated rings. The second kappa shape index (κ2) is 12.0. The van der Waals surface area contributed by atoms with E-state index in [1.165, 1.54) is 0 Å². The van der Waals surface area contributed by atoms with Crippen LogP contribution in [0.2, 0.25) is 0 Å². The molecule has 0 saturated heterocycles. The summed E-state index contributed by atoms with van der Waals surface area (Å²) in [6, 6.07) is 19.8. The van der Waals surface area contributed by atoms with Gasteiger partial charge in [0.05, 0.1) is 6.17 Å². The van der Waals surface area contributed by atoms with Crippen molar-refractivity contribution in [2.75, 3.05) is 18.4 Å². The van der Waals surface area contributed by atoms with Crippen LogP contribution in [0, 0.1) is 0 Å². The largest absolute Gasteiger partial charge is 0.444 e. The molecular formula is C24H34N4O2. The second-order valence-electron chi connectivity index (χ2n) is 8.09. The molecule has 6 heteroatoms. The van der Waals surface area contributed by atoms with E-state index in [9.17, 15) is 4.79 Å². The summed E-state index contributed by atoms with van der Waals surface area (Å²) in [7, 11) is 0. The van der Waals surface area contributed by atoms with Crippen LogP contribution >= 0.6 is 0 Å². The lowest BCUT2D eigenvalue weighted by atomic mass is 10.2. The Labute approximate surface area is 180 Å². The summed E-state index contributed by atoms with van der Waals surface area (Å²) >= 11 is 0. The minimum absolute atomic E-state index is 0.273. The van der Waals surface area contributed by atoms with E-state index < -0.39 is 5.60 Å². The van der Waals surface area contributed by atoms with Crippen molar-refractivity contribution < 1.29 is 9.53 Å². The molecule has 0 aliphatic heterocycles. The van der Waals surface area contributed by atoms with Gasteiger partial charge in [0.15, 0.2) is 0 Å². The van der Waals surface area contributed by atoms with Crippen LogP contribution in [0.15, 0.2) is 72.9 Å². The molecule has 30 heavy (non-hydrogen) atoms. The van der Waals surface area contributed by atoms with E-state index in [4.69, 9.17) is 10.5 Å². The molecule has 0 bridgehead atoms. The Morgan fingerprint density at radius 3 is 2.37 bits per heavy atom. The Bertz CT molecular complexity index is 773. The Morgan fingerprint density at radius 2 is 1.73 bits per heavy atom. The molecule has 0 heterocycles. The van der Waals surface area contributed by atoms with E-state index in [1.807, 2.05) is 93.7 Å². The number of nitrogens with one attached hydrogen (secondary N) is 2. The zero-order chi connectivity index (χ0) is 21.8. The molecule has 4 N–H and O–H groups in total. The van der Waals surface area contributed by atoms with E-state index in [1.54, 1.807) is 4.90 Å². The van der Waals surface area contributed by atoms with E-state index >= 15 is 0 Å². The number of hydrogen-bond donors (Lipinski definition) is 3. The number of nitrogens with two attached hydrogens (primary N) is 1. The fraction of sp³-hybridized carbons (Fsp3) is 0.375. The summed E-state index contributed by atoms with van der Waals surface area (Å²) in [6.45, 7) is 7.41. The van der Waals surface area contributed by atoms with Gasteiger partial charge >= 0.3 is 6.09 Å². The average Bonchev–Trinajstić information content (AvgIpc) is 2.70. The van der Waals surface area contributed by atoms with Crippen LogP contribution in [-0.4, -0.2) is 35.8 Å². The SMILES string of the molecule is CC(C)(C)OC(=O)N(CCCNC(N)/C=C\Nc1ccccc1)Cc1ccccc1. The highest BCUT2D eigenvalue weighted by Gasteiger charge is 2.22. The van der Waals surface area contributed by atoms with E-state index in [-0.39, 0.29) is 12.3 Å². The quantitative estimate of drug-likeness (QED) is 0.402. The van der Waals surface area contributed by atoms with Crippen LogP contribution in [0.25, 0.3) is 0 Å². The number of hydrogen-bond acceptors (Lipinski definition) is 5. The number of para-hydroxylation sites is 1. The van der Waals surface area contributed by atoms with E-state index in [0.29, 0.717) is 19.6 Å². The zero-order valence-corrected chi connectivity index (χ0v) is 18.2. The number of carbonyl (C=O) groups is 1. The van der Waals surface area contributed by atoms with Crippen molar-refractivity contribution in [1.29, 1.82) is 0 Å². The van der Waals surface area contributed by atoms with Crippen molar-refractivity contribution >= 4 is 11.8 Å². The predicted molar refractivity (Wildman–Crippen MR) is 123 cm³/mol. The van der Waals surface area contributed by atoms with Gasteiger partial charge in [0.1, 0.15) is 5.60 Å². The zero-order valence-electron chi connectivity index (χ0n) is 18.2. The van der Waals surface area contributed by atoms with Crippen molar-refractivity contribution in [3.8, 4) is 0 Å². The highest BCUT2D eigenvalue weighted by atomic mass is 16.6. The van der Waals surface area contributed by atoms with E-state index in [0.717, 1.165) is 17.7 Å². The lowest BCUT2D eigenvalue weighted by molar-refractivity contribution is 0.0231. The van der Waals surface area contributed by atoms with Crippen LogP contribution in [-0.2, 0) is 11.3 Å². The number of rotatable bonds is 10. The van der Waals surface area contributed by atoms with Crippen LogP contribution in [0.3, 0.4) is 0 Å². The molecule has 1 amide bonds. The van der Waals surface area contributed by atoms with Gasteiger partial charge in [-0.15, -0.1) is 0 Å². The van der Waals surface area contributed by atoms with Gasteiger partial charge in [0.2, 0.25) is 0 Å². The van der Waals surface area contributed by atoms with Crippen molar-refractivity contribution in [3.63, 3.8) is 0 Å². The molecule has 6 nitrogen and oxygen atoms in total. The molecule has 0 aliphatic carbocycles. The average molecular weight is 411 g/mol. The first-order valence-electron chi connectivity index (χ1n) is 10.3. The summed E-state index contributed by atoms with van der Waals surface area (Å²) in [5.74, 6) is 0. The molecule has 2 aromatic carbocycles. The number of carbonyl (C=O) groups excluding carboxylic acids is 1. The van der Waals surface area contributed by atoms with Crippen molar-refractivity contribution in [3.05, 3.63) is 78.5 Å². The first-order valence-corrected chi connectivity index (χ1v) is 10.3. The summed E-state index contributed by atoms with van der Waals surface area (Å²) in [4.78, 5) is 14.3. The molecule has 1 unspecified atom stereocenters. The van der Waals surface area contributed by atoms with Crippen LogP contribution in [0.1, 0.15) is 32.8 Å². The highest BCUT2D eigenvalue weighted by Crippen LogP contribution is 2.13. The molecule has 2 rings (SSSR count). The second-order valence-corrected chi connectivity index (χ2v) is 8.09. The first kappa shape index (κ1) is 23.4. The molecule has 1 atom stereocenters. The van der Waals surface area contributed by atoms with Gasteiger partial charge in [0.25, 0.3) is 0 Å². The number of amides is 1. The summed E-state index contributed by atoms with van der Waals surface area (Å²) in [5, 5.41) is 6.43. The fourth-order valence-corrected chi connectivity index (χ4v) is 2.75. The number of nitrogens with zero attached hydrogens (tertiary/aromatic N) is 1. The lowest BCUT2D eigenvalue weighted by Gasteiger charge is -2.27. The Balaban J connectivity index is 1.78.